The van der Waals surface area contributed by atoms with Gasteiger partial charge in [0.1, 0.15) is 0 Å². The molecule has 0 unspecified atom stereocenters. The van der Waals surface area contributed by atoms with E-state index in [9.17, 15) is 3.74 Å². The van der Waals surface area contributed by atoms with E-state index in [4.69, 9.17) is 4.10 Å². The van der Waals surface area contributed by atoms with Gasteiger partial charge in [0.05, 0.1) is 0 Å². The van der Waals surface area contributed by atoms with E-state index in [-0.39, 0.29) is 12.4 Å². The van der Waals surface area contributed by atoms with Gasteiger partial charge in [-0.05, 0) is 0 Å². The van der Waals surface area contributed by atoms with Crippen LogP contribution in [0.3, 0.4) is 0 Å². The predicted octanol–water partition coefficient (Wildman–Crippen LogP) is 0.533. The molecule has 0 heterocycles. The molecule has 6 heavy (non-hydrogen) atoms. The average Bonchev–Trinajstić information content (AvgIpc) is 0.722. The van der Waals surface area contributed by atoms with Gasteiger partial charge in [-0.2, -0.15) is 0 Å². The maximum atomic E-state index is 9.83. The van der Waals surface area contributed by atoms with Gasteiger partial charge in [0.15, 0.2) is 0 Å². The molecule has 1 N–H and O–H groups in total. The molecule has 0 aliphatic heterocycles. The number of rotatable bonds is 0. The van der Waals surface area contributed by atoms with Crippen LogP contribution in [0, 0.1) is 0 Å². The zero-order chi connectivity index (χ0) is 4.50. The van der Waals surface area contributed by atoms with Gasteiger partial charge in [-0.15, -0.1) is 12.4 Å². The fourth-order valence-electron chi connectivity index (χ4n) is 0. The summed E-state index contributed by atoms with van der Waals surface area (Å²) in [6.07, 6.45) is 0. The number of hydrogen-bond acceptors (Lipinski definition) is 1. The van der Waals surface area contributed by atoms with E-state index in [0.29, 0.717) is 0 Å². The Kier molecular flexibility index (Phi) is 4.45. The molecule has 0 aliphatic carbocycles. The van der Waals surface area contributed by atoms with Crippen LogP contribution < -0.4 is 0 Å². The van der Waals surface area contributed by atoms with Crippen LogP contribution in [0.15, 0.2) is 0 Å². The Hall–Kier alpha value is 0.608. The average molecular weight is 174 g/mol. The van der Waals surface area contributed by atoms with Crippen molar-refractivity contribution in [3.05, 3.63) is 0 Å². The maximum absolute atomic E-state index is 9.83. The number of halogens is 1. The maximum Gasteiger partial charge on any atom is -0.147 e. The molecule has 0 saturated carbocycles. The molecule has 40 valence electrons. The zero-order valence-corrected chi connectivity index (χ0v) is 6.40. The van der Waals surface area contributed by atoms with Gasteiger partial charge in [-0.25, -0.2) is 0 Å². The summed E-state index contributed by atoms with van der Waals surface area (Å²) >= 11 is -3.12. The van der Waals surface area contributed by atoms with E-state index in [2.05, 4.69) is 0 Å². The first-order valence-corrected chi connectivity index (χ1v) is 6.64. The standard InChI is InChI=1S/C2H7AsO2.ClH/c1-3(2,4)5;/h1-2H3,(H,4,5);1H. The molecule has 0 fully saturated rings. The Morgan fingerprint density at radius 3 is 1.50 bits per heavy atom. The summed E-state index contributed by atoms with van der Waals surface area (Å²) in [5.41, 5.74) is 2.72. The van der Waals surface area contributed by atoms with Gasteiger partial charge < -0.3 is 0 Å². The van der Waals surface area contributed by atoms with E-state index in [0.717, 1.165) is 0 Å². The Morgan fingerprint density at radius 1 is 1.50 bits per heavy atom. The molecule has 0 atom stereocenters. The monoisotopic (exact) mass is 174 g/mol. The third-order valence-corrected chi connectivity index (χ3v) is 0. The van der Waals surface area contributed by atoms with Crippen molar-refractivity contribution in [3.8, 4) is 0 Å². The van der Waals surface area contributed by atoms with Crippen LogP contribution in [-0.2, 0) is 3.74 Å². The van der Waals surface area contributed by atoms with E-state index < -0.39 is 13.8 Å². The van der Waals surface area contributed by atoms with Crippen LogP contribution in [0.2, 0.25) is 11.4 Å². The van der Waals surface area contributed by atoms with Gasteiger partial charge in [0, 0.05) is 0 Å². The summed E-state index contributed by atoms with van der Waals surface area (Å²) in [6.45, 7) is 0. The third-order valence-electron chi connectivity index (χ3n) is 0. The molecule has 0 spiro atoms. The molecular formula is C2H8AsClO2. The van der Waals surface area contributed by atoms with E-state index in [1.165, 1.54) is 11.4 Å². The fourth-order valence-corrected chi connectivity index (χ4v) is 0. The van der Waals surface area contributed by atoms with Gasteiger partial charge in [-0.1, -0.05) is 0 Å². The summed E-state index contributed by atoms with van der Waals surface area (Å²) < 4.78 is 18.0. The van der Waals surface area contributed by atoms with Crippen LogP contribution >= 0.6 is 12.4 Å². The molecule has 4 heteroatoms. The molecule has 0 saturated heterocycles. The fraction of sp³-hybridized carbons (Fsp3) is 1.00. The Bertz CT molecular complexity index is 57.7. The topological polar surface area (TPSA) is 37.3 Å². The molecule has 0 aromatic carbocycles. The summed E-state index contributed by atoms with van der Waals surface area (Å²) in [4.78, 5) is 0. The predicted molar refractivity (Wildman–Crippen MR) is 27.6 cm³/mol. The molecule has 0 bridgehead atoms. The number of hydrogen-bond donors (Lipinski definition) is 1. The largest absolute Gasteiger partial charge is 0.147 e. The zero-order valence-electron chi connectivity index (χ0n) is 3.71. The third kappa shape index (κ3) is 162. The molecule has 0 aromatic heterocycles. The van der Waals surface area contributed by atoms with Crippen molar-refractivity contribution in [3.63, 3.8) is 0 Å². The molecule has 0 radical (unpaired) electrons. The smallest absolute Gasteiger partial charge is 0.147 e. The van der Waals surface area contributed by atoms with Crippen molar-refractivity contribution in [2.75, 3.05) is 0 Å². The first kappa shape index (κ1) is 9.79. The Labute approximate surface area is 46.0 Å². The second-order valence-electron chi connectivity index (χ2n) is 1.29. The second kappa shape index (κ2) is 2.73. The summed E-state index contributed by atoms with van der Waals surface area (Å²) in [5, 5.41) is 0. The van der Waals surface area contributed by atoms with Crippen molar-refractivity contribution < 1.29 is 7.84 Å². The van der Waals surface area contributed by atoms with Crippen molar-refractivity contribution in [2.45, 2.75) is 11.4 Å². The molecule has 0 amide bonds. The first-order chi connectivity index (χ1) is 2.00. The molecule has 2 nitrogen and oxygen atoms in total. The summed E-state index contributed by atoms with van der Waals surface area (Å²) in [7, 11) is 0. The quantitative estimate of drug-likeness (QED) is 0.544. The molecule has 0 aromatic rings. The van der Waals surface area contributed by atoms with E-state index in [1.807, 2.05) is 0 Å². The van der Waals surface area contributed by atoms with E-state index in [1.54, 1.807) is 0 Å². The van der Waals surface area contributed by atoms with Crippen LogP contribution in [0.5, 0.6) is 0 Å². The molecular weight excluding hydrogens is 166 g/mol. The van der Waals surface area contributed by atoms with Crippen molar-refractivity contribution in [2.24, 2.45) is 0 Å². The minimum absolute atomic E-state index is 0. The van der Waals surface area contributed by atoms with Crippen LogP contribution in [0.4, 0.5) is 0 Å². The first-order valence-electron chi connectivity index (χ1n) is 1.28. The van der Waals surface area contributed by atoms with Crippen molar-refractivity contribution >= 4 is 26.2 Å². The Balaban J connectivity index is 0. The Morgan fingerprint density at radius 2 is 1.50 bits per heavy atom. The minimum atomic E-state index is -3.12. The van der Waals surface area contributed by atoms with Crippen LogP contribution in [0.1, 0.15) is 0 Å². The van der Waals surface area contributed by atoms with Crippen molar-refractivity contribution in [1.29, 1.82) is 0 Å². The summed E-state index contributed by atoms with van der Waals surface area (Å²) in [6, 6.07) is 0. The van der Waals surface area contributed by atoms with Gasteiger partial charge in [0.25, 0.3) is 0 Å². The van der Waals surface area contributed by atoms with Gasteiger partial charge in [-0.3, -0.25) is 0 Å². The van der Waals surface area contributed by atoms with Crippen LogP contribution in [-0.4, -0.2) is 17.9 Å². The second-order valence-corrected chi connectivity index (χ2v) is 6.72. The van der Waals surface area contributed by atoms with Gasteiger partial charge in [0.2, 0.25) is 0 Å². The SMILES string of the molecule is C[As](C)(=O)O.Cl. The van der Waals surface area contributed by atoms with Crippen LogP contribution in [0.25, 0.3) is 0 Å². The van der Waals surface area contributed by atoms with E-state index >= 15 is 0 Å². The van der Waals surface area contributed by atoms with Crippen molar-refractivity contribution in [1.82, 2.24) is 0 Å². The summed E-state index contributed by atoms with van der Waals surface area (Å²) in [5.74, 6) is 0. The molecule has 0 rings (SSSR count). The van der Waals surface area contributed by atoms with Gasteiger partial charge >= 0.3 is 33.1 Å². The molecule has 0 aliphatic rings. The minimum Gasteiger partial charge on any atom is -0.147 e. The normalized spacial score (nSPS) is 9.83.